The topological polar surface area (TPSA) is 49.3 Å². The van der Waals surface area contributed by atoms with E-state index in [-0.39, 0.29) is 5.78 Å². The summed E-state index contributed by atoms with van der Waals surface area (Å²) in [5.41, 5.74) is 1.43. The van der Waals surface area contributed by atoms with E-state index in [1.54, 1.807) is 6.20 Å². The second-order valence-corrected chi connectivity index (χ2v) is 5.63. The predicted molar refractivity (Wildman–Crippen MR) is 76.8 cm³/mol. The lowest BCUT2D eigenvalue weighted by molar-refractivity contribution is 0.0875. The van der Waals surface area contributed by atoms with Crippen molar-refractivity contribution >= 4 is 17.5 Å². The molecule has 0 spiro atoms. The number of nitrogens with zero attached hydrogens (tertiary/aromatic N) is 4. The molecule has 1 aromatic heterocycles. The van der Waals surface area contributed by atoms with Crippen LogP contribution in [0.1, 0.15) is 16.1 Å². The predicted octanol–water partition coefficient (Wildman–Crippen LogP) is 0.937. The standard InChI is InChI=1S/C13H20N4OS/c1-10-11(8-14-13(15-10)19-3)12(18)9-17-6-4-16(2)5-7-17/h8H,4-7,9H2,1-3H3. The number of rotatable bonds is 4. The van der Waals surface area contributed by atoms with Crippen LogP contribution in [0.25, 0.3) is 0 Å². The van der Waals surface area contributed by atoms with Gasteiger partial charge in [-0.2, -0.15) is 0 Å². The zero-order valence-electron chi connectivity index (χ0n) is 11.7. The number of likely N-dealkylation sites (N-methyl/N-ethyl adjacent to an activating group) is 1. The maximum Gasteiger partial charge on any atom is 0.187 e. The largest absolute Gasteiger partial charge is 0.304 e. The molecule has 1 fully saturated rings. The Hall–Kier alpha value is -0.980. The summed E-state index contributed by atoms with van der Waals surface area (Å²) in [6.07, 6.45) is 3.59. The van der Waals surface area contributed by atoms with E-state index in [2.05, 4.69) is 26.8 Å². The molecule has 19 heavy (non-hydrogen) atoms. The summed E-state index contributed by atoms with van der Waals surface area (Å²) < 4.78 is 0. The van der Waals surface area contributed by atoms with E-state index in [1.807, 2.05) is 13.2 Å². The number of ketones is 1. The molecule has 0 amide bonds. The van der Waals surface area contributed by atoms with E-state index in [0.29, 0.717) is 17.3 Å². The van der Waals surface area contributed by atoms with E-state index >= 15 is 0 Å². The van der Waals surface area contributed by atoms with Crippen molar-refractivity contribution in [2.45, 2.75) is 12.1 Å². The maximum atomic E-state index is 12.3. The Labute approximate surface area is 118 Å². The number of carbonyl (C=O) groups excluding carboxylic acids is 1. The molecule has 0 bridgehead atoms. The van der Waals surface area contributed by atoms with Crippen molar-refractivity contribution in [1.82, 2.24) is 19.8 Å². The lowest BCUT2D eigenvalue weighted by Gasteiger charge is -2.31. The number of hydrogen-bond donors (Lipinski definition) is 0. The first-order valence-corrected chi connectivity index (χ1v) is 7.64. The molecule has 0 aromatic carbocycles. The molecule has 5 nitrogen and oxygen atoms in total. The first-order chi connectivity index (χ1) is 9.10. The summed E-state index contributed by atoms with van der Waals surface area (Å²) in [6.45, 7) is 6.29. The minimum absolute atomic E-state index is 0.120. The van der Waals surface area contributed by atoms with Gasteiger partial charge >= 0.3 is 0 Å². The number of thioether (sulfide) groups is 1. The van der Waals surface area contributed by atoms with Gasteiger partial charge in [-0.1, -0.05) is 11.8 Å². The highest BCUT2D eigenvalue weighted by atomic mass is 32.2. The Balaban J connectivity index is 2.00. The number of Topliss-reactive ketones (excluding diaryl/α,β-unsaturated/α-hetero) is 1. The first-order valence-electron chi connectivity index (χ1n) is 6.42. The molecule has 1 aromatic rings. The molecule has 2 heterocycles. The molecule has 0 unspecified atom stereocenters. The Morgan fingerprint density at radius 1 is 1.37 bits per heavy atom. The van der Waals surface area contributed by atoms with Crippen LogP contribution in [-0.2, 0) is 0 Å². The van der Waals surface area contributed by atoms with Gasteiger partial charge < -0.3 is 4.90 Å². The zero-order chi connectivity index (χ0) is 13.8. The van der Waals surface area contributed by atoms with E-state index in [0.717, 1.165) is 31.9 Å². The molecule has 1 saturated heterocycles. The van der Waals surface area contributed by atoms with Gasteiger partial charge in [0.05, 0.1) is 17.8 Å². The molecule has 0 radical (unpaired) electrons. The zero-order valence-corrected chi connectivity index (χ0v) is 12.5. The van der Waals surface area contributed by atoms with Gasteiger partial charge in [-0.3, -0.25) is 9.69 Å². The summed E-state index contributed by atoms with van der Waals surface area (Å²) in [6, 6.07) is 0. The summed E-state index contributed by atoms with van der Waals surface area (Å²) in [4.78, 5) is 25.3. The van der Waals surface area contributed by atoms with Gasteiger partial charge in [0.25, 0.3) is 0 Å². The lowest BCUT2D eigenvalue weighted by atomic mass is 10.1. The average molecular weight is 280 g/mol. The van der Waals surface area contributed by atoms with Crippen molar-refractivity contribution in [2.75, 3.05) is 46.0 Å². The van der Waals surface area contributed by atoms with E-state index < -0.39 is 0 Å². The molecule has 2 rings (SSSR count). The van der Waals surface area contributed by atoms with E-state index in [9.17, 15) is 4.79 Å². The quantitative estimate of drug-likeness (QED) is 0.465. The van der Waals surface area contributed by atoms with Gasteiger partial charge in [0.2, 0.25) is 0 Å². The third kappa shape index (κ3) is 3.75. The molecule has 104 valence electrons. The van der Waals surface area contributed by atoms with E-state index in [1.165, 1.54) is 11.8 Å². The lowest BCUT2D eigenvalue weighted by Crippen LogP contribution is -2.46. The fourth-order valence-corrected chi connectivity index (χ4v) is 2.50. The van der Waals surface area contributed by atoms with Crippen LogP contribution in [0.15, 0.2) is 11.4 Å². The molecular formula is C13H20N4OS. The summed E-state index contributed by atoms with van der Waals surface area (Å²) in [7, 11) is 2.11. The molecule has 0 N–H and O–H groups in total. The van der Waals surface area contributed by atoms with Gasteiger partial charge in [-0.15, -0.1) is 0 Å². The molecule has 1 aliphatic rings. The summed E-state index contributed by atoms with van der Waals surface area (Å²) in [5.74, 6) is 0.120. The monoisotopic (exact) mass is 280 g/mol. The highest BCUT2D eigenvalue weighted by molar-refractivity contribution is 7.98. The second kappa shape index (κ2) is 6.45. The van der Waals surface area contributed by atoms with Crippen molar-refractivity contribution in [2.24, 2.45) is 0 Å². The molecule has 0 aliphatic carbocycles. The molecular weight excluding hydrogens is 260 g/mol. The van der Waals surface area contributed by atoms with Crippen LogP contribution in [-0.4, -0.2) is 71.6 Å². The molecule has 6 heteroatoms. The number of aryl methyl sites for hydroxylation is 1. The number of hydrogen-bond acceptors (Lipinski definition) is 6. The smallest absolute Gasteiger partial charge is 0.187 e. The van der Waals surface area contributed by atoms with Crippen molar-refractivity contribution < 1.29 is 4.79 Å². The van der Waals surface area contributed by atoms with Crippen LogP contribution >= 0.6 is 11.8 Å². The highest BCUT2D eigenvalue weighted by Crippen LogP contribution is 2.12. The minimum atomic E-state index is 0.120. The third-order valence-electron chi connectivity index (χ3n) is 3.40. The van der Waals surface area contributed by atoms with E-state index in [4.69, 9.17) is 0 Å². The van der Waals surface area contributed by atoms with Gasteiger partial charge in [-0.05, 0) is 20.2 Å². The van der Waals surface area contributed by atoms with Crippen LogP contribution < -0.4 is 0 Å². The third-order valence-corrected chi connectivity index (χ3v) is 3.97. The van der Waals surface area contributed by atoms with Crippen LogP contribution in [0.5, 0.6) is 0 Å². The number of carbonyl (C=O) groups is 1. The SMILES string of the molecule is CSc1ncc(C(=O)CN2CCN(C)CC2)c(C)n1. The maximum absolute atomic E-state index is 12.3. The fraction of sp³-hybridized carbons (Fsp3) is 0.615. The van der Waals surface area contributed by atoms with Crippen LogP contribution in [0.2, 0.25) is 0 Å². The molecule has 0 atom stereocenters. The number of piperazine rings is 1. The Kier molecular flexibility index (Phi) is 4.90. The summed E-state index contributed by atoms with van der Waals surface area (Å²) >= 11 is 1.49. The van der Waals surface area contributed by atoms with Gasteiger partial charge in [0.1, 0.15) is 0 Å². The summed E-state index contributed by atoms with van der Waals surface area (Å²) in [5, 5.41) is 0.716. The molecule has 0 saturated carbocycles. The highest BCUT2D eigenvalue weighted by Gasteiger charge is 2.19. The van der Waals surface area contributed by atoms with Crippen molar-refractivity contribution in [3.05, 3.63) is 17.5 Å². The van der Waals surface area contributed by atoms with Crippen molar-refractivity contribution in [3.63, 3.8) is 0 Å². The Morgan fingerprint density at radius 2 is 2.05 bits per heavy atom. The Bertz CT molecular complexity index is 458. The average Bonchev–Trinajstić information content (AvgIpc) is 2.41. The van der Waals surface area contributed by atoms with Crippen molar-refractivity contribution in [1.29, 1.82) is 0 Å². The van der Waals surface area contributed by atoms with Crippen molar-refractivity contribution in [3.8, 4) is 0 Å². The molecule has 1 aliphatic heterocycles. The first kappa shape index (κ1) is 14.4. The minimum Gasteiger partial charge on any atom is -0.304 e. The second-order valence-electron chi connectivity index (χ2n) is 4.86. The fourth-order valence-electron chi connectivity index (χ4n) is 2.11. The normalized spacial score (nSPS) is 17.6. The van der Waals surface area contributed by atoms with Gasteiger partial charge in [0.15, 0.2) is 10.9 Å². The van der Waals surface area contributed by atoms with Crippen LogP contribution in [0.3, 0.4) is 0 Å². The Morgan fingerprint density at radius 3 is 2.63 bits per heavy atom. The van der Waals surface area contributed by atoms with Gasteiger partial charge in [0, 0.05) is 32.4 Å². The van der Waals surface area contributed by atoms with Gasteiger partial charge in [-0.25, -0.2) is 9.97 Å². The number of aromatic nitrogens is 2. The van der Waals surface area contributed by atoms with Crippen LogP contribution in [0.4, 0.5) is 0 Å². The van der Waals surface area contributed by atoms with Crippen LogP contribution in [0, 0.1) is 6.92 Å².